The van der Waals surface area contributed by atoms with Crippen LogP contribution >= 0.6 is 11.6 Å². The average Bonchev–Trinajstić information content (AvgIpc) is 2.89. The molecule has 0 aromatic rings. The Morgan fingerprint density at radius 1 is 1.30 bits per heavy atom. The Kier molecular flexibility index (Phi) is 10.9. The minimum Gasteiger partial charge on any atom is -0.481 e. The van der Waals surface area contributed by atoms with Gasteiger partial charge in [-0.25, -0.2) is 0 Å². The SMILES string of the molecule is CCCCC(O)(CCl)CC=C[C@H]1C(=O)C[C@H](O)[C@@H]1CC=CCCCC(=O)O. The number of hydrogen-bond acceptors (Lipinski definition) is 4. The standard InChI is InChI=1S/C21H33ClO5/c1-2-3-12-21(27,15-22)13-8-10-17-16(18(23)14-19(17)24)9-6-4-5-7-11-20(25)26/h4,6,8,10,16-18,23,27H,2-3,5,7,9,11-15H2,1H3,(H,25,26)/t16-,17-,18+,21?/m1/s1. The minimum absolute atomic E-state index is 0.0194. The number of ketones is 1. The molecule has 0 heterocycles. The number of aliphatic carboxylic acids is 1. The first kappa shape index (κ1) is 23.9. The Hall–Kier alpha value is -1.17. The predicted molar refractivity (Wildman–Crippen MR) is 107 cm³/mol. The number of Topliss-reactive ketones (excluding diaryl/α,β-unsaturated/α-hetero) is 1. The summed E-state index contributed by atoms with van der Waals surface area (Å²) in [6, 6.07) is 0. The van der Waals surface area contributed by atoms with Crippen molar-refractivity contribution in [1.82, 2.24) is 0 Å². The second-order valence-electron chi connectivity index (χ2n) is 7.51. The molecule has 0 aromatic heterocycles. The van der Waals surface area contributed by atoms with Gasteiger partial charge in [0.1, 0.15) is 5.78 Å². The van der Waals surface area contributed by atoms with Gasteiger partial charge < -0.3 is 15.3 Å². The normalized spacial score (nSPS) is 25.5. The molecule has 0 aromatic carbocycles. The van der Waals surface area contributed by atoms with E-state index in [1.54, 1.807) is 0 Å². The summed E-state index contributed by atoms with van der Waals surface area (Å²) >= 11 is 5.91. The van der Waals surface area contributed by atoms with Gasteiger partial charge in [-0.1, -0.05) is 44.1 Å². The number of alkyl halides is 1. The molecule has 1 aliphatic rings. The number of unbranched alkanes of at least 4 members (excludes halogenated alkanes) is 2. The summed E-state index contributed by atoms with van der Waals surface area (Å²) in [7, 11) is 0. The van der Waals surface area contributed by atoms with E-state index < -0.39 is 17.7 Å². The van der Waals surface area contributed by atoms with Crippen LogP contribution in [0.3, 0.4) is 0 Å². The lowest BCUT2D eigenvalue weighted by atomic mass is 9.89. The van der Waals surface area contributed by atoms with Gasteiger partial charge in [-0.3, -0.25) is 9.59 Å². The molecular weight excluding hydrogens is 368 g/mol. The average molecular weight is 401 g/mol. The first-order valence-electron chi connectivity index (χ1n) is 9.85. The third-order valence-corrected chi connectivity index (χ3v) is 5.66. The van der Waals surface area contributed by atoms with Crippen molar-refractivity contribution < 1.29 is 24.9 Å². The number of halogens is 1. The van der Waals surface area contributed by atoms with Crippen LogP contribution in [0.2, 0.25) is 0 Å². The molecule has 0 bridgehead atoms. The highest BCUT2D eigenvalue weighted by molar-refractivity contribution is 6.18. The molecule has 27 heavy (non-hydrogen) atoms. The molecule has 1 rings (SSSR count). The zero-order valence-electron chi connectivity index (χ0n) is 16.1. The van der Waals surface area contributed by atoms with Crippen LogP contribution in [0.4, 0.5) is 0 Å². The van der Waals surface area contributed by atoms with Crippen molar-refractivity contribution in [3.05, 3.63) is 24.3 Å². The highest BCUT2D eigenvalue weighted by Gasteiger charge is 2.39. The van der Waals surface area contributed by atoms with Crippen LogP contribution in [0.25, 0.3) is 0 Å². The van der Waals surface area contributed by atoms with Crippen LogP contribution in [-0.4, -0.2) is 44.7 Å². The fourth-order valence-corrected chi connectivity index (χ4v) is 3.67. The zero-order valence-corrected chi connectivity index (χ0v) is 16.9. The number of rotatable bonds is 13. The third-order valence-electron chi connectivity index (χ3n) is 5.16. The first-order chi connectivity index (χ1) is 12.8. The van der Waals surface area contributed by atoms with Gasteiger partial charge in [0.05, 0.1) is 17.6 Å². The lowest BCUT2D eigenvalue weighted by Gasteiger charge is -2.24. The van der Waals surface area contributed by atoms with Crippen molar-refractivity contribution in [2.75, 3.05) is 5.88 Å². The highest BCUT2D eigenvalue weighted by Crippen LogP contribution is 2.34. The molecule has 0 amide bonds. The molecule has 0 radical (unpaired) electrons. The smallest absolute Gasteiger partial charge is 0.303 e. The van der Waals surface area contributed by atoms with Gasteiger partial charge in [0, 0.05) is 24.7 Å². The van der Waals surface area contributed by atoms with E-state index in [9.17, 15) is 19.8 Å². The summed E-state index contributed by atoms with van der Waals surface area (Å²) in [6.07, 6.45) is 11.8. The number of carbonyl (C=O) groups excluding carboxylic acids is 1. The lowest BCUT2D eigenvalue weighted by molar-refractivity contribution is -0.137. The van der Waals surface area contributed by atoms with Crippen molar-refractivity contribution in [2.24, 2.45) is 11.8 Å². The monoisotopic (exact) mass is 400 g/mol. The third kappa shape index (κ3) is 8.58. The molecule has 6 heteroatoms. The van der Waals surface area contributed by atoms with Crippen LogP contribution in [0.15, 0.2) is 24.3 Å². The molecule has 4 atom stereocenters. The number of aliphatic hydroxyl groups is 2. The largest absolute Gasteiger partial charge is 0.481 e. The predicted octanol–water partition coefficient (Wildman–Crippen LogP) is 3.86. The van der Waals surface area contributed by atoms with Crippen LogP contribution in [-0.2, 0) is 9.59 Å². The van der Waals surface area contributed by atoms with E-state index in [2.05, 4.69) is 6.92 Å². The molecule has 3 N–H and O–H groups in total. The van der Waals surface area contributed by atoms with Gasteiger partial charge in [0.25, 0.3) is 0 Å². The van der Waals surface area contributed by atoms with Gasteiger partial charge in [-0.2, -0.15) is 0 Å². The maximum atomic E-state index is 12.2. The lowest BCUT2D eigenvalue weighted by Crippen LogP contribution is -2.30. The second-order valence-corrected chi connectivity index (χ2v) is 7.78. The Morgan fingerprint density at radius 3 is 2.67 bits per heavy atom. The summed E-state index contributed by atoms with van der Waals surface area (Å²) < 4.78 is 0. The summed E-state index contributed by atoms with van der Waals surface area (Å²) in [5.41, 5.74) is -0.951. The van der Waals surface area contributed by atoms with Gasteiger partial charge in [0.15, 0.2) is 0 Å². The summed E-state index contributed by atoms with van der Waals surface area (Å²) in [5.74, 6) is -1.16. The molecule has 1 unspecified atom stereocenters. The van der Waals surface area contributed by atoms with E-state index in [1.807, 2.05) is 24.3 Å². The van der Waals surface area contributed by atoms with Crippen LogP contribution in [0, 0.1) is 11.8 Å². The maximum absolute atomic E-state index is 12.2. The second kappa shape index (κ2) is 12.3. The van der Waals surface area contributed by atoms with Gasteiger partial charge in [0.2, 0.25) is 0 Å². The van der Waals surface area contributed by atoms with E-state index in [-0.39, 0.29) is 36.3 Å². The Morgan fingerprint density at radius 2 is 2.04 bits per heavy atom. The van der Waals surface area contributed by atoms with E-state index >= 15 is 0 Å². The van der Waals surface area contributed by atoms with Gasteiger partial charge in [-0.15, -0.1) is 11.6 Å². The van der Waals surface area contributed by atoms with Crippen molar-refractivity contribution in [3.63, 3.8) is 0 Å². The van der Waals surface area contributed by atoms with Crippen LogP contribution in [0.1, 0.15) is 64.7 Å². The van der Waals surface area contributed by atoms with Crippen molar-refractivity contribution in [2.45, 2.75) is 76.4 Å². The first-order valence-corrected chi connectivity index (χ1v) is 10.4. The van der Waals surface area contributed by atoms with Crippen molar-refractivity contribution in [1.29, 1.82) is 0 Å². The van der Waals surface area contributed by atoms with Crippen LogP contribution < -0.4 is 0 Å². The van der Waals surface area contributed by atoms with Crippen LogP contribution in [0.5, 0.6) is 0 Å². The molecule has 1 fully saturated rings. The molecule has 0 aliphatic heterocycles. The quantitative estimate of drug-likeness (QED) is 0.248. The van der Waals surface area contributed by atoms with Gasteiger partial charge >= 0.3 is 5.97 Å². The number of carbonyl (C=O) groups is 2. The van der Waals surface area contributed by atoms with Gasteiger partial charge in [-0.05, 0) is 32.1 Å². The number of hydrogen-bond donors (Lipinski definition) is 3. The molecule has 1 saturated carbocycles. The topological polar surface area (TPSA) is 94.8 Å². The maximum Gasteiger partial charge on any atom is 0.303 e. The summed E-state index contributed by atoms with van der Waals surface area (Å²) in [5, 5.41) is 29.3. The Balaban J connectivity index is 2.58. The van der Waals surface area contributed by atoms with E-state index in [0.717, 1.165) is 12.8 Å². The van der Waals surface area contributed by atoms with Crippen molar-refractivity contribution >= 4 is 23.4 Å². The molecule has 5 nitrogen and oxygen atoms in total. The number of carboxylic acid groups (broad SMARTS) is 1. The molecule has 154 valence electrons. The molecule has 0 spiro atoms. The zero-order chi connectivity index (χ0) is 20.3. The molecule has 0 saturated heterocycles. The fraction of sp³-hybridized carbons (Fsp3) is 0.714. The summed E-state index contributed by atoms with van der Waals surface area (Å²) in [6.45, 7) is 2.06. The number of allylic oxidation sites excluding steroid dienone is 3. The van der Waals surface area contributed by atoms with Crippen molar-refractivity contribution in [3.8, 4) is 0 Å². The summed E-state index contributed by atoms with van der Waals surface area (Å²) in [4.78, 5) is 22.7. The Labute approximate surface area is 167 Å². The Bertz CT molecular complexity index is 531. The molecular formula is C21H33ClO5. The number of aliphatic hydroxyl groups excluding tert-OH is 1. The number of carboxylic acids is 1. The van der Waals surface area contributed by atoms with E-state index in [0.29, 0.717) is 32.1 Å². The fourth-order valence-electron chi connectivity index (χ4n) is 3.43. The minimum atomic E-state index is -0.951. The molecule has 1 aliphatic carbocycles. The van der Waals surface area contributed by atoms with E-state index in [1.165, 1.54) is 0 Å². The van der Waals surface area contributed by atoms with E-state index in [4.69, 9.17) is 16.7 Å². The highest BCUT2D eigenvalue weighted by atomic mass is 35.5.